The molecule has 1 heterocycles. The summed E-state index contributed by atoms with van der Waals surface area (Å²) >= 11 is 0. The number of nitrogens with zero attached hydrogens (tertiary/aromatic N) is 1. The standard InChI is InChI=1S/C20H17N3O5S/c1-2-23-16-9-10-17(14-7-4-8-15(18(14)16)19(23)24)29(26,27)22-12-5-3-6-13(11-12)28-20(21)25/h3-11,22H,2H2,1H3,(H2,21,25). The fourth-order valence-corrected chi connectivity index (χ4v) is 4.77. The second-order valence-electron chi connectivity index (χ2n) is 6.41. The van der Waals surface area contributed by atoms with Crippen molar-refractivity contribution in [3.63, 3.8) is 0 Å². The van der Waals surface area contributed by atoms with E-state index in [2.05, 4.69) is 4.72 Å². The van der Waals surface area contributed by atoms with E-state index in [1.54, 1.807) is 29.2 Å². The first-order valence-electron chi connectivity index (χ1n) is 8.79. The van der Waals surface area contributed by atoms with E-state index < -0.39 is 16.1 Å². The Balaban J connectivity index is 1.79. The van der Waals surface area contributed by atoms with E-state index in [-0.39, 0.29) is 22.2 Å². The highest BCUT2D eigenvalue weighted by Crippen LogP contribution is 2.40. The van der Waals surface area contributed by atoms with Crippen LogP contribution in [-0.2, 0) is 10.0 Å². The van der Waals surface area contributed by atoms with E-state index in [1.165, 1.54) is 30.3 Å². The van der Waals surface area contributed by atoms with Gasteiger partial charge < -0.3 is 15.4 Å². The summed E-state index contributed by atoms with van der Waals surface area (Å²) in [5.74, 6) is -0.0331. The van der Waals surface area contributed by atoms with Crippen molar-refractivity contribution in [3.05, 3.63) is 60.2 Å². The number of carbonyl (C=O) groups is 2. The zero-order valence-electron chi connectivity index (χ0n) is 15.4. The summed E-state index contributed by atoms with van der Waals surface area (Å²) < 4.78 is 33.4. The lowest BCUT2D eigenvalue weighted by atomic mass is 10.1. The maximum Gasteiger partial charge on any atom is 0.409 e. The van der Waals surface area contributed by atoms with Gasteiger partial charge in [-0.15, -0.1) is 0 Å². The van der Waals surface area contributed by atoms with Crippen LogP contribution in [0.5, 0.6) is 5.75 Å². The van der Waals surface area contributed by atoms with E-state index in [1.807, 2.05) is 6.92 Å². The van der Waals surface area contributed by atoms with Gasteiger partial charge in [0.25, 0.3) is 15.9 Å². The number of sulfonamides is 1. The number of hydrogen-bond acceptors (Lipinski definition) is 5. The predicted molar refractivity (Wildman–Crippen MR) is 109 cm³/mol. The van der Waals surface area contributed by atoms with Crippen molar-refractivity contribution >= 4 is 44.2 Å². The molecule has 8 nitrogen and oxygen atoms in total. The molecule has 2 amide bonds. The molecular formula is C20H17N3O5S. The zero-order chi connectivity index (χ0) is 20.8. The van der Waals surface area contributed by atoms with Crippen LogP contribution in [0.2, 0.25) is 0 Å². The molecular weight excluding hydrogens is 394 g/mol. The molecule has 0 aromatic heterocycles. The maximum absolute atomic E-state index is 13.1. The maximum atomic E-state index is 13.1. The highest BCUT2D eigenvalue weighted by atomic mass is 32.2. The van der Waals surface area contributed by atoms with Crippen molar-refractivity contribution in [2.24, 2.45) is 5.73 Å². The van der Waals surface area contributed by atoms with Gasteiger partial charge in [-0.3, -0.25) is 9.52 Å². The van der Waals surface area contributed by atoms with E-state index in [0.29, 0.717) is 28.6 Å². The molecule has 148 valence electrons. The molecule has 9 heteroatoms. The lowest BCUT2D eigenvalue weighted by molar-refractivity contribution is 0.0994. The molecule has 29 heavy (non-hydrogen) atoms. The van der Waals surface area contributed by atoms with Crippen LogP contribution in [0, 0.1) is 0 Å². The van der Waals surface area contributed by atoms with Crippen molar-refractivity contribution in [1.29, 1.82) is 0 Å². The summed E-state index contributed by atoms with van der Waals surface area (Å²) in [5.41, 5.74) is 6.37. The molecule has 0 radical (unpaired) electrons. The highest BCUT2D eigenvalue weighted by Gasteiger charge is 2.31. The van der Waals surface area contributed by atoms with E-state index in [4.69, 9.17) is 10.5 Å². The number of anilines is 2. The molecule has 0 fully saturated rings. The Morgan fingerprint density at radius 1 is 1.14 bits per heavy atom. The Morgan fingerprint density at radius 2 is 1.90 bits per heavy atom. The quantitative estimate of drug-likeness (QED) is 0.669. The van der Waals surface area contributed by atoms with E-state index in [9.17, 15) is 18.0 Å². The molecule has 0 aliphatic carbocycles. The van der Waals surface area contributed by atoms with E-state index in [0.717, 1.165) is 0 Å². The third-order valence-electron chi connectivity index (χ3n) is 4.66. The van der Waals surface area contributed by atoms with Gasteiger partial charge in [-0.25, -0.2) is 13.2 Å². The Morgan fingerprint density at radius 3 is 2.62 bits per heavy atom. The Hall–Kier alpha value is -3.59. The molecule has 0 spiro atoms. The van der Waals surface area contributed by atoms with Crippen LogP contribution in [0.1, 0.15) is 17.3 Å². The number of rotatable bonds is 5. The van der Waals surface area contributed by atoms with Gasteiger partial charge in [-0.05, 0) is 37.3 Å². The van der Waals surface area contributed by atoms with E-state index >= 15 is 0 Å². The average Bonchev–Trinajstić information content (AvgIpc) is 2.94. The molecule has 3 aromatic carbocycles. The molecule has 0 atom stereocenters. The van der Waals surface area contributed by atoms with Crippen molar-refractivity contribution in [1.82, 2.24) is 0 Å². The summed E-state index contributed by atoms with van der Waals surface area (Å²) in [5, 5.41) is 1.08. The Kier molecular flexibility index (Phi) is 4.39. The highest BCUT2D eigenvalue weighted by molar-refractivity contribution is 7.93. The van der Waals surface area contributed by atoms with Gasteiger partial charge in [0.05, 0.1) is 16.3 Å². The minimum absolute atomic E-state index is 0.0464. The van der Waals surface area contributed by atoms with Gasteiger partial charge in [0, 0.05) is 28.9 Å². The fraction of sp³-hybridized carbons (Fsp3) is 0.100. The number of carbonyl (C=O) groups excluding carboxylic acids is 2. The number of amides is 2. The van der Waals surface area contributed by atoms with Crippen LogP contribution >= 0.6 is 0 Å². The molecule has 0 saturated heterocycles. The second-order valence-corrected chi connectivity index (χ2v) is 8.07. The number of hydrogen-bond donors (Lipinski definition) is 2. The molecule has 0 saturated carbocycles. The first-order chi connectivity index (χ1) is 13.8. The summed E-state index contributed by atoms with van der Waals surface area (Å²) in [6.07, 6.45) is -0.998. The zero-order valence-corrected chi connectivity index (χ0v) is 16.2. The largest absolute Gasteiger partial charge is 0.410 e. The van der Waals surface area contributed by atoms with Crippen LogP contribution < -0.4 is 20.1 Å². The van der Waals surface area contributed by atoms with Crippen molar-refractivity contribution in [2.45, 2.75) is 11.8 Å². The minimum atomic E-state index is -3.98. The number of ether oxygens (including phenoxy) is 1. The molecule has 3 aromatic rings. The second kappa shape index (κ2) is 6.78. The first kappa shape index (κ1) is 18.8. The van der Waals surface area contributed by atoms with Gasteiger partial charge in [0.1, 0.15) is 5.75 Å². The third-order valence-corrected chi connectivity index (χ3v) is 6.09. The normalized spacial score (nSPS) is 13.0. The summed E-state index contributed by atoms with van der Waals surface area (Å²) in [6.45, 7) is 2.35. The average molecular weight is 411 g/mol. The molecule has 0 unspecified atom stereocenters. The number of benzene rings is 3. The topological polar surface area (TPSA) is 119 Å². The first-order valence-corrected chi connectivity index (χ1v) is 10.3. The van der Waals surface area contributed by atoms with Crippen LogP contribution in [0.25, 0.3) is 10.8 Å². The minimum Gasteiger partial charge on any atom is -0.410 e. The van der Waals surface area contributed by atoms with Gasteiger partial charge in [-0.2, -0.15) is 0 Å². The van der Waals surface area contributed by atoms with Gasteiger partial charge >= 0.3 is 6.09 Å². The molecule has 1 aliphatic rings. The van der Waals surface area contributed by atoms with Crippen LogP contribution in [-0.4, -0.2) is 27.0 Å². The number of primary amides is 1. The summed E-state index contributed by atoms with van der Waals surface area (Å²) in [4.78, 5) is 25.2. The third kappa shape index (κ3) is 3.15. The fourth-order valence-electron chi connectivity index (χ4n) is 3.52. The van der Waals surface area contributed by atoms with Crippen molar-refractivity contribution in [3.8, 4) is 5.75 Å². The summed E-state index contributed by atoms with van der Waals surface area (Å²) in [7, 11) is -3.98. The summed E-state index contributed by atoms with van der Waals surface area (Å²) in [6, 6.07) is 14.0. The van der Waals surface area contributed by atoms with Gasteiger partial charge in [0.15, 0.2) is 0 Å². The number of nitrogens with one attached hydrogen (secondary N) is 1. The molecule has 0 bridgehead atoms. The Bertz CT molecular complexity index is 1270. The Labute approximate surface area is 166 Å². The molecule has 1 aliphatic heterocycles. The predicted octanol–water partition coefficient (Wildman–Crippen LogP) is 3.08. The smallest absolute Gasteiger partial charge is 0.409 e. The van der Waals surface area contributed by atoms with Gasteiger partial charge in [0.2, 0.25) is 0 Å². The molecule has 3 N–H and O–H groups in total. The monoisotopic (exact) mass is 411 g/mol. The lowest BCUT2D eigenvalue weighted by Gasteiger charge is -2.16. The molecule has 4 rings (SSSR count). The SMILES string of the molecule is CCN1C(=O)c2cccc3c(S(=O)(=O)Nc4cccc(OC(N)=O)c4)ccc1c23. The lowest BCUT2D eigenvalue weighted by Crippen LogP contribution is -2.25. The van der Waals surface area contributed by atoms with Crippen molar-refractivity contribution in [2.75, 3.05) is 16.2 Å². The number of nitrogens with two attached hydrogens (primary N) is 1. The van der Waals surface area contributed by atoms with Crippen molar-refractivity contribution < 1.29 is 22.7 Å². The van der Waals surface area contributed by atoms with Gasteiger partial charge in [-0.1, -0.05) is 18.2 Å². The van der Waals surface area contributed by atoms with Crippen LogP contribution in [0.4, 0.5) is 16.2 Å². The van der Waals surface area contributed by atoms with Crippen LogP contribution in [0.3, 0.4) is 0 Å². The van der Waals surface area contributed by atoms with Crippen LogP contribution in [0.15, 0.2) is 59.5 Å².